The molecule has 0 aromatic heterocycles. The molecule has 1 aromatic rings. The van der Waals surface area contributed by atoms with E-state index in [0.717, 1.165) is 49.8 Å². The highest BCUT2D eigenvalue weighted by molar-refractivity contribution is 7.92. The number of carbonyl (C=O) groups excluding carboxylic acids is 1. The van der Waals surface area contributed by atoms with Crippen molar-refractivity contribution in [3.8, 4) is 5.75 Å². The Morgan fingerprint density at radius 3 is 2.78 bits per heavy atom. The fourth-order valence-electron chi connectivity index (χ4n) is 3.13. The summed E-state index contributed by atoms with van der Waals surface area (Å²) in [5.74, 6) is -0.00392. The van der Waals surface area contributed by atoms with Gasteiger partial charge in [-0.25, -0.2) is 8.42 Å². The monoisotopic (exact) mass is 417 g/mol. The second-order valence-electron chi connectivity index (χ2n) is 6.61. The molecule has 0 radical (unpaired) electrons. The zero-order chi connectivity index (χ0) is 19.4. The Kier molecular flexibility index (Phi) is 6.46. The Balaban J connectivity index is 1.58. The van der Waals surface area contributed by atoms with Crippen molar-refractivity contribution in [3.63, 3.8) is 0 Å². The summed E-state index contributed by atoms with van der Waals surface area (Å²) >= 11 is 5.97. The van der Waals surface area contributed by atoms with Crippen molar-refractivity contribution in [1.82, 2.24) is 10.2 Å². The molecule has 0 bridgehead atoms. The van der Waals surface area contributed by atoms with E-state index in [1.54, 1.807) is 12.1 Å². The largest absolute Gasteiger partial charge is 0.476 e. The third-order valence-electron chi connectivity index (χ3n) is 4.54. The molecular formula is C17H24ClN3O5S. The highest BCUT2D eigenvalue weighted by Gasteiger charge is 2.35. The summed E-state index contributed by atoms with van der Waals surface area (Å²) < 4.78 is 36.5. The second-order valence-corrected chi connectivity index (χ2v) is 8.95. The van der Waals surface area contributed by atoms with Gasteiger partial charge in [-0.2, -0.15) is 0 Å². The summed E-state index contributed by atoms with van der Waals surface area (Å²) in [6, 6.07) is 4.70. The number of hydrogen-bond acceptors (Lipinski definition) is 6. The molecule has 1 atom stereocenters. The number of sulfonamides is 1. The molecule has 1 fully saturated rings. The van der Waals surface area contributed by atoms with E-state index in [0.29, 0.717) is 23.0 Å². The van der Waals surface area contributed by atoms with Crippen LogP contribution in [0.2, 0.25) is 5.02 Å². The summed E-state index contributed by atoms with van der Waals surface area (Å²) in [5.41, 5.74) is 0.348. The number of anilines is 1. The van der Waals surface area contributed by atoms with Gasteiger partial charge in [0.25, 0.3) is 5.91 Å². The highest BCUT2D eigenvalue weighted by Crippen LogP contribution is 2.37. The van der Waals surface area contributed by atoms with Crippen molar-refractivity contribution in [2.24, 2.45) is 0 Å². The minimum atomic E-state index is -3.57. The maximum absolute atomic E-state index is 12.5. The van der Waals surface area contributed by atoms with Crippen LogP contribution in [-0.2, 0) is 19.6 Å². The number of rotatable bonds is 6. The molecule has 1 unspecified atom stereocenters. The zero-order valence-corrected chi connectivity index (χ0v) is 16.8. The van der Waals surface area contributed by atoms with Crippen molar-refractivity contribution >= 4 is 33.2 Å². The van der Waals surface area contributed by atoms with E-state index in [1.165, 1.54) is 6.07 Å². The van der Waals surface area contributed by atoms with Crippen LogP contribution < -0.4 is 14.4 Å². The van der Waals surface area contributed by atoms with Crippen LogP contribution in [0, 0.1) is 0 Å². The normalized spacial score (nSPS) is 20.7. The number of amides is 1. The van der Waals surface area contributed by atoms with Gasteiger partial charge in [0, 0.05) is 24.7 Å². The van der Waals surface area contributed by atoms with Gasteiger partial charge in [-0.05, 0) is 31.2 Å². The van der Waals surface area contributed by atoms with Gasteiger partial charge in [0.2, 0.25) is 10.0 Å². The molecule has 2 aliphatic heterocycles. The van der Waals surface area contributed by atoms with E-state index in [-0.39, 0.29) is 12.5 Å². The predicted octanol–water partition coefficient (Wildman–Crippen LogP) is 0.706. The Bertz CT molecular complexity index is 783. The predicted molar refractivity (Wildman–Crippen MR) is 103 cm³/mol. The number of nitrogens with zero attached hydrogens (tertiary/aromatic N) is 2. The lowest BCUT2D eigenvalue weighted by molar-refractivity contribution is -0.127. The van der Waals surface area contributed by atoms with Gasteiger partial charge in [-0.3, -0.25) is 14.0 Å². The molecule has 150 valence electrons. The van der Waals surface area contributed by atoms with E-state index in [1.807, 2.05) is 0 Å². The third kappa shape index (κ3) is 5.25. The fourth-order valence-corrected chi connectivity index (χ4v) is 4.20. The summed E-state index contributed by atoms with van der Waals surface area (Å²) in [6.07, 6.45) is 0.998. The van der Waals surface area contributed by atoms with Gasteiger partial charge in [0.15, 0.2) is 6.10 Å². The van der Waals surface area contributed by atoms with Crippen LogP contribution in [0.3, 0.4) is 0 Å². The first-order chi connectivity index (χ1) is 12.8. The Morgan fingerprint density at radius 1 is 1.33 bits per heavy atom. The number of nitrogens with one attached hydrogen (secondary N) is 1. The van der Waals surface area contributed by atoms with Crippen molar-refractivity contribution in [2.75, 3.05) is 56.5 Å². The van der Waals surface area contributed by atoms with E-state index in [9.17, 15) is 13.2 Å². The first-order valence-electron chi connectivity index (χ1n) is 8.86. The van der Waals surface area contributed by atoms with Crippen molar-refractivity contribution in [3.05, 3.63) is 23.2 Å². The van der Waals surface area contributed by atoms with Gasteiger partial charge < -0.3 is 14.8 Å². The Morgan fingerprint density at radius 2 is 2.07 bits per heavy atom. The molecule has 10 heteroatoms. The van der Waals surface area contributed by atoms with Crippen molar-refractivity contribution in [1.29, 1.82) is 0 Å². The van der Waals surface area contributed by atoms with Gasteiger partial charge in [0.05, 0.1) is 31.7 Å². The number of benzene rings is 1. The molecule has 1 amide bonds. The quantitative estimate of drug-likeness (QED) is 0.686. The van der Waals surface area contributed by atoms with Gasteiger partial charge >= 0.3 is 0 Å². The minimum absolute atomic E-state index is 0.0819. The zero-order valence-electron chi connectivity index (χ0n) is 15.2. The summed E-state index contributed by atoms with van der Waals surface area (Å²) in [4.78, 5) is 14.8. The molecule has 0 spiro atoms. The van der Waals surface area contributed by atoms with Crippen LogP contribution in [0.1, 0.15) is 6.42 Å². The lowest BCUT2D eigenvalue weighted by Crippen LogP contribution is -2.50. The number of ether oxygens (including phenoxy) is 2. The molecule has 8 nitrogen and oxygen atoms in total. The fraction of sp³-hybridized carbons (Fsp3) is 0.588. The average Bonchev–Trinajstić information content (AvgIpc) is 2.64. The summed E-state index contributed by atoms with van der Waals surface area (Å²) in [6.45, 7) is 4.60. The highest BCUT2D eigenvalue weighted by atomic mass is 35.5. The molecule has 0 saturated carbocycles. The molecule has 27 heavy (non-hydrogen) atoms. The van der Waals surface area contributed by atoms with E-state index >= 15 is 0 Å². The molecule has 1 saturated heterocycles. The standard InChI is InChI=1S/C17H24ClN3O5S/c1-27(23,24)21-12-16(26-15-4-3-13(18)11-14(15)21)17(22)19-5-2-6-20-7-9-25-10-8-20/h3-4,11,16H,2,5-10,12H2,1H3,(H,19,22). The SMILES string of the molecule is CS(=O)(=O)N1CC(C(=O)NCCCN2CCOCC2)Oc2ccc(Cl)cc21. The summed E-state index contributed by atoms with van der Waals surface area (Å²) in [7, 11) is -3.57. The number of morpholine rings is 1. The number of hydrogen-bond donors (Lipinski definition) is 1. The van der Waals surface area contributed by atoms with Crippen LogP contribution in [0.5, 0.6) is 5.75 Å². The van der Waals surface area contributed by atoms with Crippen molar-refractivity contribution in [2.45, 2.75) is 12.5 Å². The maximum atomic E-state index is 12.5. The molecule has 2 heterocycles. The van der Waals surface area contributed by atoms with Gasteiger partial charge in [-0.1, -0.05) is 11.6 Å². The molecule has 2 aliphatic rings. The topological polar surface area (TPSA) is 88.2 Å². The van der Waals surface area contributed by atoms with Crippen LogP contribution in [-0.4, -0.2) is 77.5 Å². The van der Waals surface area contributed by atoms with Crippen LogP contribution in [0.4, 0.5) is 5.69 Å². The smallest absolute Gasteiger partial charge is 0.263 e. The van der Waals surface area contributed by atoms with Crippen molar-refractivity contribution < 1.29 is 22.7 Å². The Labute approximate surface area is 164 Å². The first kappa shape index (κ1) is 20.2. The third-order valence-corrected chi connectivity index (χ3v) is 5.92. The number of halogens is 1. The van der Waals surface area contributed by atoms with Crippen LogP contribution in [0.15, 0.2) is 18.2 Å². The lowest BCUT2D eigenvalue weighted by Gasteiger charge is -2.34. The molecule has 1 N–H and O–H groups in total. The molecule has 1 aromatic carbocycles. The molecule has 3 rings (SSSR count). The average molecular weight is 418 g/mol. The first-order valence-corrected chi connectivity index (χ1v) is 11.1. The van der Waals surface area contributed by atoms with Crippen LogP contribution in [0.25, 0.3) is 0 Å². The Hall–Kier alpha value is -1.55. The number of carbonyl (C=O) groups is 1. The lowest BCUT2D eigenvalue weighted by atomic mass is 10.2. The van der Waals surface area contributed by atoms with Gasteiger partial charge in [0.1, 0.15) is 5.75 Å². The van der Waals surface area contributed by atoms with Crippen LogP contribution >= 0.6 is 11.6 Å². The van der Waals surface area contributed by atoms with E-state index in [4.69, 9.17) is 21.1 Å². The second kappa shape index (κ2) is 8.64. The maximum Gasteiger partial charge on any atom is 0.263 e. The van der Waals surface area contributed by atoms with E-state index < -0.39 is 16.1 Å². The molecular weight excluding hydrogens is 394 g/mol. The van der Waals surface area contributed by atoms with Gasteiger partial charge in [-0.15, -0.1) is 0 Å². The van der Waals surface area contributed by atoms with E-state index in [2.05, 4.69) is 10.2 Å². The minimum Gasteiger partial charge on any atom is -0.476 e. The number of fused-ring (bicyclic) bond motifs is 1. The summed E-state index contributed by atoms with van der Waals surface area (Å²) in [5, 5.41) is 3.24. The molecule has 0 aliphatic carbocycles.